The maximum atomic E-state index is 12.9. The van der Waals surface area contributed by atoms with Gasteiger partial charge >= 0.3 is 0 Å². The predicted octanol–water partition coefficient (Wildman–Crippen LogP) is 2.98. The van der Waals surface area contributed by atoms with Crippen LogP contribution in [0.15, 0.2) is 52.2 Å². The van der Waals surface area contributed by atoms with Crippen LogP contribution in [0.25, 0.3) is 17.1 Å². The van der Waals surface area contributed by atoms with Gasteiger partial charge in [-0.1, -0.05) is 46.6 Å². The first-order valence-electron chi connectivity index (χ1n) is 8.95. The zero-order valence-corrected chi connectivity index (χ0v) is 17.9. The molecule has 2 heterocycles. The number of anilines is 1. The number of methoxy groups -OCH3 is 1. The summed E-state index contributed by atoms with van der Waals surface area (Å²) in [6, 6.07) is 11.8. The molecule has 0 saturated carbocycles. The van der Waals surface area contributed by atoms with E-state index in [1.54, 1.807) is 42.5 Å². The van der Waals surface area contributed by atoms with Crippen molar-refractivity contribution >= 4 is 41.1 Å². The largest absolute Gasteiger partial charge is 0.497 e. The van der Waals surface area contributed by atoms with Crippen LogP contribution in [-0.2, 0) is 0 Å². The van der Waals surface area contributed by atoms with Crippen LogP contribution in [0.2, 0.25) is 10.0 Å². The quantitative estimate of drug-likeness (QED) is 0.321. The summed E-state index contributed by atoms with van der Waals surface area (Å²) in [5, 5.41) is 20.1. The average molecular weight is 473 g/mol. The second kappa shape index (κ2) is 9.04. The minimum Gasteiger partial charge on any atom is -0.497 e. The number of carbonyl (C=O) groups is 1. The fourth-order valence-corrected chi connectivity index (χ4v) is 3.23. The van der Waals surface area contributed by atoms with Crippen molar-refractivity contribution in [2.24, 2.45) is 5.10 Å². The van der Waals surface area contributed by atoms with Gasteiger partial charge in [0.1, 0.15) is 11.4 Å². The zero-order valence-electron chi connectivity index (χ0n) is 16.4. The van der Waals surface area contributed by atoms with E-state index in [4.69, 9.17) is 33.7 Å². The van der Waals surface area contributed by atoms with Gasteiger partial charge in [-0.15, -0.1) is 5.10 Å². The Kier molecular flexibility index (Phi) is 6.01. The van der Waals surface area contributed by atoms with Gasteiger partial charge in [0.05, 0.1) is 18.3 Å². The summed E-state index contributed by atoms with van der Waals surface area (Å²) in [6.07, 6.45) is 1.38. The molecule has 0 fully saturated rings. The lowest BCUT2D eigenvalue weighted by molar-refractivity contribution is 0.0950. The van der Waals surface area contributed by atoms with Gasteiger partial charge < -0.3 is 10.5 Å². The maximum Gasteiger partial charge on any atom is 0.294 e. The average Bonchev–Trinajstić information content (AvgIpc) is 3.41. The summed E-state index contributed by atoms with van der Waals surface area (Å²) in [5.74, 6) is -0.0269. The summed E-state index contributed by atoms with van der Waals surface area (Å²) < 4.78 is 11.2. The number of hydrogen-bond donors (Lipinski definition) is 2. The lowest BCUT2D eigenvalue weighted by Crippen LogP contribution is -2.19. The normalized spacial score (nSPS) is 11.1. The van der Waals surface area contributed by atoms with Gasteiger partial charge in [-0.25, -0.2) is 10.1 Å². The van der Waals surface area contributed by atoms with Crippen LogP contribution >= 0.6 is 23.2 Å². The van der Waals surface area contributed by atoms with Crippen molar-refractivity contribution in [3.05, 3.63) is 63.8 Å². The predicted molar refractivity (Wildman–Crippen MR) is 117 cm³/mol. The van der Waals surface area contributed by atoms with E-state index < -0.39 is 5.91 Å². The number of nitrogens with two attached hydrogens (primary N) is 1. The van der Waals surface area contributed by atoms with E-state index in [1.807, 2.05) is 0 Å². The van der Waals surface area contributed by atoms with E-state index in [2.05, 4.69) is 35.8 Å². The second-order valence-electron chi connectivity index (χ2n) is 6.27. The van der Waals surface area contributed by atoms with Crippen LogP contribution in [0, 0.1) is 0 Å². The Hall–Kier alpha value is -3.96. The fourth-order valence-electron chi connectivity index (χ4n) is 2.77. The molecule has 2 aromatic heterocycles. The van der Waals surface area contributed by atoms with Crippen LogP contribution in [0.5, 0.6) is 5.75 Å². The summed E-state index contributed by atoms with van der Waals surface area (Å²) in [4.78, 5) is 12.9. The van der Waals surface area contributed by atoms with Crippen LogP contribution < -0.4 is 15.9 Å². The van der Waals surface area contributed by atoms with Crippen molar-refractivity contribution in [1.82, 2.24) is 30.7 Å². The summed E-state index contributed by atoms with van der Waals surface area (Å²) >= 11 is 12.0. The lowest BCUT2D eigenvalue weighted by atomic mass is 10.1. The highest BCUT2D eigenvalue weighted by atomic mass is 35.5. The molecule has 0 unspecified atom stereocenters. The Morgan fingerprint density at radius 1 is 1.25 bits per heavy atom. The van der Waals surface area contributed by atoms with Gasteiger partial charge in [0.2, 0.25) is 11.6 Å². The molecule has 32 heavy (non-hydrogen) atoms. The van der Waals surface area contributed by atoms with Crippen LogP contribution in [0.4, 0.5) is 5.82 Å². The minimum atomic E-state index is -0.634. The van der Waals surface area contributed by atoms with E-state index in [1.165, 1.54) is 18.0 Å². The number of aromatic nitrogens is 5. The van der Waals surface area contributed by atoms with Gasteiger partial charge in [0.25, 0.3) is 5.91 Å². The Bertz CT molecular complexity index is 1320. The molecule has 1 amide bonds. The Morgan fingerprint density at radius 3 is 2.81 bits per heavy atom. The molecule has 4 aromatic rings. The number of amides is 1. The summed E-state index contributed by atoms with van der Waals surface area (Å²) in [6.45, 7) is 0. The third-order valence-electron chi connectivity index (χ3n) is 4.26. The Labute approximate surface area is 190 Å². The number of nitrogen functional groups attached to an aromatic ring is 1. The molecule has 4 rings (SSSR count). The second-order valence-corrected chi connectivity index (χ2v) is 7.11. The molecule has 0 bridgehead atoms. The molecule has 0 aliphatic heterocycles. The van der Waals surface area contributed by atoms with Crippen LogP contribution in [0.3, 0.4) is 0 Å². The van der Waals surface area contributed by atoms with E-state index in [9.17, 15) is 4.79 Å². The van der Waals surface area contributed by atoms with Crippen molar-refractivity contribution in [2.45, 2.75) is 0 Å². The molecule has 0 spiro atoms. The van der Waals surface area contributed by atoms with Gasteiger partial charge in [0, 0.05) is 16.1 Å². The lowest BCUT2D eigenvalue weighted by Gasteiger charge is -2.07. The van der Waals surface area contributed by atoms with Crippen molar-refractivity contribution in [3.63, 3.8) is 0 Å². The number of halogens is 2. The highest BCUT2D eigenvalue weighted by molar-refractivity contribution is 6.36. The van der Waals surface area contributed by atoms with Crippen LogP contribution in [-0.4, -0.2) is 44.5 Å². The highest BCUT2D eigenvalue weighted by Crippen LogP contribution is 2.29. The van der Waals surface area contributed by atoms with Gasteiger partial charge in [-0.05, 0) is 34.6 Å². The first kappa shape index (κ1) is 21.3. The van der Waals surface area contributed by atoms with Gasteiger partial charge in [0.15, 0.2) is 5.69 Å². The third-order valence-corrected chi connectivity index (χ3v) is 4.82. The van der Waals surface area contributed by atoms with Gasteiger partial charge in [-0.3, -0.25) is 4.79 Å². The summed E-state index contributed by atoms with van der Waals surface area (Å²) in [7, 11) is 1.53. The molecule has 2 aromatic carbocycles. The number of carbonyl (C=O) groups excluding carboxylic acids is 1. The molecule has 0 radical (unpaired) electrons. The number of nitrogens with one attached hydrogen (secondary N) is 1. The van der Waals surface area contributed by atoms with Crippen molar-refractivity contribution < 1.29 is 14.2 Å². The van der Waals surface area contributed by atoms with Crippen molar-refractivity contribution in [3.8, 4) is 22.8 Å². The highest BCUT2D eigenvalue weighted by Gasteiger charge is 2.25. The maximum absolute atomic E-state index is 12.9. The molecule has 0 aliphatic rings. The number of nitrogens with zero attached hydrogens (tertiary/aromatic N) is 6. The van der Waals surface area contributed by atoms with E-state index in [0.29, 0.717) is 26.9 Å². The van der Waals surface area contributed by atoms with E-state index in [0.717, 1.165) is 0 Å². The first-order valence-corrected chi connectivity index (χ1v) is 9.70. The smallest absolute Gasteiger partial charge is 0.294 e. The minimum absolute atomic E-state index is 0.0265. The monoisotopic (exact) mass is 472 g/mol. The Balaban J connectivity index is 1.70. The van der Waals surface area contributed by atoms with Crippen molar-refractivity contribution in [1.29, 1.82) is 0 Å². The molecule has 162 valence electrons. The molecule has 0 atom stereocenters. The number of benzene rings is 2. The Morgan fingerprint density at radius 2 is 2.09 bits per heavy atom. The topological polar surface area (TPSA) is 146 Å². The zero-order chi connectivity index (χ0) is 22.7. The van der Waals surface area contributed by atoms with Crippen LogP contribution in [0.1, 0.15) is 16.1 Å². The number of hydrazone groups is 1. The van der Waals surface area contributed by atoms with Gasteiger partial charge in [-0.2, -0.15) is 9.78 Å². The molecule has 13 heteroatoms. The number of rotatable bonds is 6. The SMILES string of the molecule is COc1cccc(-c2c(C(=O)NN=Cc3ccc(Cl)cc3Cl)nnn2-c2nonc2N)c1. The first-order chi connectivity index (χ1) is 15.5. The third kappa shape index (κ3) is 4.24. The number of hydrogen-bond acceptors (Lipinski definition) is 9. The molecule has 0 aliphatic carbocycles. The fraction of sp³-hybridized carbons (Fsp3) is 0.0526. The molecule has 3 N–H and O–H groups in total. The van der Waals surface area contributed by atoms with E-state index >= 15 is 0 Å². The molecule has 11 nitrogen and oxygen atoms in total. The molecular weight excluding hydrogens is 459 g/mol. The summed E-state index contributed by atoms with van der Waals surface area (Å²) in [5.41, 5.74) is 9.57. The molecular formula is C19H14Cl2N8O3. The molecule has 0 saturated heterocycles. The number of ether oxygens (including phenoxy) is 1. The van der Waals surface area contributed by atoms with E-state index in [-0.39, 0.29) is 23.0 Å². The standard InChI is InChI=1S/C19H14Cl2N8O3/c1-31-13-4-2-3-10(7-13)16-15(24-28-29(16)18-17(22)26-32-27-18)19(30)25-23-9-11-5-6-12(20)8-14(11)21/h2-9H,1H3,(H2,22,26)(H,25,30). The van der Waals surface area contributed by atoms with Crippen molar-refractivity contribution in [2.75, 3.05) is 12.8 Å².